The summed E-state index contributed by atoms with van der Waals surface area (Å²) >= 11 is 0. The highest BCUT2D eigenvalue weighted by Gasteiger charge is 2.20. The zero-order chi connectivity index (χ0) is 21.5. The smallest absolute Gasteiger partial charge is 0.241 e. The van der Waals surface area contributed by atoms with Crippen LogP contribution in [0.2, 0.25) is 0 Å². The van der Waals surface area contributed by atoms with Crippen LogP contribution in [-0.4, -0.2) is 36.9 Å². The first-order valence-electron chi connectivity index (χ1n) is 9.86. The molecular formula is C24H27N3O3. The number of para-hydroxylation sites is 2. The Kier molecular flexibility index (Phi) is 7.03. The van der Waals surface area contributed by atoms with E-state index in [0.29, 0.717) is 12.3 Å². The maximum absolute atomic E-state index is 13.0. The zero-order valence-electron chi connectivity index (χ0n) is 17.6. The molecule has 0 fully saturated rings. The normalized spacial score (nSPS) is 10.8. The van der Waals surface area contributed by atoms with E-state index in [0.717, 1.165) is 22.5 Å². The summed E-state index contributed by atoms with van der Waals surface area (Å²) in [4.78, 5) is 28.9. The molecule has 0 aliphatic carbocycles. The number of likely N-dealkylation sites (N-methyl/N-ethyl adjacent to an activating group) is 1. The number of hydrogen-bond donors (Lipinski definition) is 1. The molecule has 0 unspecified atom stereocenters. The van der Waals surface area contributed by atoms with E-state index in [2.05, 4.69) is 5.32 Å². The predicted octanol–water partition coefficient (Wildman–Crippen LogP) is 4.00. The maximum atomic E-state index is 13.0. The van der Waals surface area contributed by atoms with Crippen molar-refractivity contribution >= 4 is 23.2 Å². The van der Waals surface area contributed by atoms with Gasteiger partial charge in [0.25, 0.3) is 0 Å². The molecule has 0 saturated carbocycles. The Morgan fingerprint density at radius 1 is 0.900 bits per heavy atom. The molecule has 6 heteroatoms. The van der Waals surface area contributed by atoms with E-state index in [1.165, 1.54) is 0 Å². The van der Waals surface area contributed by atoms with Crippen LogP contribution in [-0.2, 0) is 16.1 Å². The Bertz CT molecular complexity index is 964. The van der Waals surface area contributed by atoms with Crippen molar-refractivity contribution in [2.45, 2.75) is 20.4 Å². The highest BCUT2D eigenvalue weighted by molar-refractivity contribution is 5.96. The van der Waals surface area contributed by atoms with E-state index in [1.54, 1.807) is 29.2 Å². The lowest BCUT2D eigenvalue weighted by atomic mass is 10.1. The van der Waals surface area contributed by atoms with Gasteiger partial charge in [0, 0.05) is 11.4 Å². The average Bonchev–Trinajstić information content (AvgIpc) is 3.23. The molecule has 156 valence electrons. The lowest BCUT2D eigenvalue weighted by Gasteiger charge is -2.25. The van der Waals surface area contributed by atoms with Crippen LogP contribution in [0.15, 0.2) is 71.3 Å². The summed E-state index contributed by atoms with van der Waals surface area (Å²) in [6.45, 7) is 4.47. The van der Waals surface area contributed by atoms with Crippen LogP contribution >= 0.6 is 0 Å². The third-order valence-corrected chi connectivity index (χ3v) is 4.83. The molecule has 6 nitrogen and oxygen atoms in total. The van der Waals surface area contributed by atoms with E-state index in [1.807, 2.05) is 68.4 Å². The molecule has 0 atom stereocenters. The molecule has 0 bridgehead atoms. The second-order valence-corrected chi connectivity index (χ2v) is 7.38. The summed E-state index contributed by atoms with van der Waals surface area (Å²) in [5, 5.41) is 2.96. The second kappa shape index (κ2) is 9.89. The molecule has 1 N–H and O–H groups in total. The topological polar surface area (TPSA) is 65.8 Å². The van der Waals surface area contributed by atoms with Crippen LogP contribution in [0.3, 0.4) is 0 Å². The predicted molar refractivity (Wildman–Crippen MR) is 118 cm³/mol. The van der Waals surface area contributed by atoms with Crippen LogP contribution < -0.4 is 10.2 Å². The average molecular weight is 405 g/mol. The first-order chi connectivity index (χ1) is 14.4. The van der Waals surface area contributed by atoms with Crippen LogP contribution in [0.4, 0.5) is 11.4 Å². The minimum Gasteiger partial charge on any atom is -0.467 e. The van der Waals surface area contributed by atoms with Gasteiger partial charge < -0.3 is 14.6 Å². The Labute approximate surface area is 177 Å². The fourth-order valence-corrected chi connectivity index (χ4v) is 3.30. The van der Waals surface area contributed by atoms with Gasteiger partial charge in [-0.2, -0.15) is 0 Å². The molecule has 1 aromatic heterocycles. The third-order valence-electron chi connectivity index (χ3n) is 4.83. The summed E-state index contributed by atoms with van der Waals surface area (Å²) in [6.07, 6.45) is 1.59. The monoisotopic (exact) mass is 405 g/mol. The fourth-order valence-electron chi connectivity index (χ4n) is 3.30. The summed E-state index contributed by atoms with van der Waals surface area (Å²) in [5.41, 5.74) is 3.63. The third kappa shape index (κ3) is 5.58. The molecular weight excluding hydrogens is 378 g/mol. The Balaban J connectivity index is 1.64. The summed E-state index contributed by atoms with van der Waals surface area (Å²) in [7, 11) is 1.76. The number of nitrogens with zero attached hydrogens (tertiary/aromatic N) is 2. The number of rotatable bonds is 8. The van der Waals surface area contributed by atoms with E-state index < -0.39 is 0 Å². The quantitative estimate of drug-likeness (QED) is 0.615. The van der Waals surface area contributed by atoms with Crippen LogP contribution in [0.5, 0.6) is 0 Å². The lowest BCUT2D eigenvalue weighted by Crippen LogP contribution is -2.41. The Morgan fingerprint density at radius 2 is 1.60 bits per heavy atom. The molecule has 30 heavy (non-hydrogen) atoms. The molecule has 0 aliphatic heterocycles. The molecule has 3 aromatic rings. The van der Waals surface area contributed by atoms with Gasteiger partial charge in [0.1, 0.15) is 5.76 Å². The largest absolute Gasteiger partial charge is 0.467 e. The van der Waals surface area contributed by atoms with Crippen molar-refractivity contribution in [2.24, 2.45) is 0 Å². The minimum absolute atomic E-state index is 0.107. The molecule has 0 aliphatic rings. The van der Waals surface area contributed by atoms with Crippen LogP contribution in [0, 0.1) is 13.8 Å². The number of anilines is 2. The van der Waals surface area contributed by atoms with Crippen molar-refractivity contribution in [3.63, 3.8) is 0 Å². The van der Waals surface area contributed by atoms with Crippen LogP contribution in [0.1, 0.15) is 16.9 Å². The van der Waals surface area contributed by atoms with Gasteiger partial charge in [0.15, 0.2) is 0 Å². The molecule has 0 saturated heterocycles. The van der Waals surface area contributed by atoms with Gasteiger partial charge in [0.05, 0.1) is 25.9 Å². The number of furan rings is 1. The molecule has 2 amide bonds. The Hall–Kier alpha value is -3.38. The first kappa shape index (κ1) is 21.3. The van der Waals surface area contributed by atoms with Crippen molar-refractivity contribution in [2.75, 3.05) is 30.4 Å². The fraction of sp³-hybridized carbons (Fsp3) is 0.250. The molecule has 0 spiro atoms. The molecule has 2 aromatic carbocycles. The van der Waals surface area contributed by atoms with Gasteiger partial charge in [0.2, 0.25) is 11.8 Å². The number of hydrogen-bond acceptors (Lipinski definition) is 4. The minimum atomic E-state index is -0.153. The van der Waals surface area contributed by atoms with E-state index in [9.17, 15) is 9.59 Å². The Morgan fingerprint density at radius 3 is 2.23 bits per heavy atom. The van der Waals surface area contributed by atoms with Gasteiger partial charge in [-0.25, -0.2) is 0 Å². The number of aryl methyl sites for hydroxylation is 2. The van der Waals surface area contributed by atoms with Gasteiger partial charge in [-0.05, 0) is 56.3 Å². The number of amides is 2. The highest BCUT2D eigenvalue weighted by Crippen LogP contribution is 2.20. The summed E-state index contributed by atoms with van der Waals surface area (Å²) < 4.78 is 5.42. The van der Waals surface area contributed by atoms with E-state index in [-0.39, 0.29) is 24.9 Å². The highest BCUT2D eigenvalue weighted by atomic mass is 16.3. The SMILES string of the molecule is Cc1cccc(C)c1NC(=O)CN(C)CC(=O)N(Cc1ccco1)c1ccccc1. The summed E-state index contributed by atoms with van der Waals surface area (Å²) in [5.74, 6) is 0.433. The van der Waals surface area contributed by atoms with Crippen molar-refractivity contribution in [3.05, 3.63) is 83.8 Å². The second-order valence-electron chi connectivity index (χ2n) is 7.38. The first-order valence-corrected chi connectivity index (χ1v) is 9.86. The van der Waals surface area contributed by atoms with E-state index in [4.69, 9.17) is 4.42 Å². The maximum Gasteiger partial charge on any atom is 0.241 e. The number of carbonyl (C=O) groups excluding carboxylic acids is 2. The lowest BCUT2D eigenvalue weighted by molar-refractivity contribution is -0.121. The van der Waals surface area contributed by atoms with Gasteiger partial charge in [-0.3, -0.25) is 14.5 Å². The van der Waals surface area contributed by atoms with Gasteiger partial charge in [-0.15, -0.1) is 0 Å². The van der Waals surface area contributed by atoms with Crippen molar-refractivity contribution in [1.29, 1.82) is 0 Å². The van der Waals surface area contributed by atoms with Crippen LogP contribution in [0.25, 0.3) is 0 Å². The van der Waals surface area contributed by atoms with Crippen molar-refractivity contribution < 1.29 is 14.0 Å². The van der Waals surface area contributed by atoms with Gasteiger partial charge >= 0.3 is 0 Å². The number of benzene rings is 2. The number of carbonyl (C=O) groups is 2. The number of nitrogens with one attached hydrogen (secondary N) is 1. The van der Waals surface area contributed by atoms with Gasteiger partial charge in [-0.1, -0.05) is 36.4 Å². The van der Waals surface area contributed by atoms with E-state index >= 15 is 0 Å². The molecule has 3 rings (SSSR count). The zero-order valence-corrected chi connectivity index (χ0v) is 17.6. The summed E-state index contributed by atoms with van der Waals surface area (Å²) in [6, 6.07) is 19.0. The molecule has 1 heterocycles. The molecule has 0 radical (unpaired) electrons. The standard InChI is InChI=1S/C24H27N3O3/c1-18-9-7-10-19(2)24(18)25-22(28)16-26(3)17-23(29)27(15-21-13-8-14-30-21)20-11-5-4-6-12-20/h4-14H,15-17H2,1-3H3,(H,25,28). The van der Waals surface area contributed by atoms with Crippen molar-refractivity contribution in [1.82, 2.24) is 4.90 Å². The van der Waals surface area contributed by atoms with Crippen molar-refractivity contribution in [3.8, 4) is 0 Å².